The lowest BCUT2D eigenvalue weighted by Gasteiger charge is -2.38. The van der Waals surface area contributed by atoms with Gasteiger partial charge >= 0.3 is 0 Å². The minimum Gasteiger partial charge on any atom is -0.281 e. The fourth-order valence-corrected chi connectivity index (χ4v) is 2.43. The molecule has 0 aliphatic carbocycles. The third kappa shape index (κ3) is 2.26. The van der Waals surface area contributed by atoms with E-state index < -0.39 is 0 Å². The summed E-state index contributed by atoms with van der Waals surface area (Å²) in [7, 11) is 0. The lowest BCUT2D eigenvalue weighted by molar-refractivity contribution is 0.469. The zero-order chi connectivity index (χ0) is 13.6. The van der Waals surface area contributed by atoms with Crippen molar-refractivity contribution in [3.63, 3.8) is 0 Å². The molecule has 3 nitrogen and oxygen atoms in total. The topological polar surface area (TPSA) is 36.8 Å². The van der Waals surface area contributed by atoms with Gasteiger partial charge in [0.1, 0.15) is 0 Å². The molecule has 3 heteroatoms. The molecule has 18 heavy (non-hydrogen) atoms. The molecule has 0 bridgehead atoms. The Bertz CT molecular complexity index is 465. The van der Waals surface area contributed by atoms with E-state index in [4.69, 9.17) is 0 Å². The van der Waals surface area contributed by atoms with Crippen molar-refractivity contribution in [1.29, 1.82) is 0 Å². The first-order chi connectivity index (χ1) is 8.21. The highest BCUT2D eigenvalue weighted by molar-refractivity contribution is 6.06. The fourth-order valence-electron chi connectivity index (χ4n) is 2.43. The van der Waals surface area contributed by atoms with Gasteiger partial charge in [0.25, 0.3) is 0 Å². The van der Waals surface area contributed by atoms with Gasteiger partial charge in [0.2, 0.25) is 0 Å². The van der Waals surface area contributed by atoms with Crippen LogP contribution >= 0.6 is 0 Å². The molecule has 2 aliphatic rings. The predicted octanol–water partition coefficient (Wildman–Crippen LogP) is 3.30. The Kier molecular flexibility index (Phi) is 2.96. The van der Waals surface area contributed by atoms with Gasteiger partial charge in [0.15, 0.2) is 6.17 Å². The van der Waals surface area contributed by atoms with E-state index in [1.165, 1.54) is 11.1 Å². The molecular formula is C15H23N3. The molecule has 0 saturated heterocycles. The number of allylic oxidation sites excluding steroid dienone is 2. The number of hydrogen-bond acceptors (Lipinski definition) is 3. The van der Waals surface area contributed by atoms with Gasteiger partial charge in [-0.1, -0.05) is 47.6 Å². The lowest BCUT2D eigenvalue weighted by atomic mass is 9.72. The summed E-state index contributed by atoms with van der Waals surface area (Å²) in [5.74, 6) is 0. The molecular weight excluding hydrogens is 222 g/mol. The van der Waals surface area contributed by atoms with Crippen LogP contribution in [0.5, 0.6) is 0 Å². The van der Waals surface area contributed by atoms with Crippen molar-refractivity contribution in [2.75, 3.05) is 0 Å². The van der Waals surface area contributed by atoms with Crippen molar-refractivity contribution >= 4 is 11.9 Å². The number of fused-ring (bicyclic) bond motifs is 1. The molecule has 0 spiro atoms. The van der Waals surface area contributed by atoms with Gasteiger partial charge in [-0.2, -0.15) is 5.10 Å². The quantitative estimate of drug-likeness (QED) is 0.698. The highest BCUT2D eigenvalue weighted by Gasteiger charge is 2.36. The summed E-state index contributed by atoms with van der Waals surface area (Å²) in [4.78, 5) is 4.44. The highest BCUT2D eigenvalue weighted by Crippen LogP contribution is 2.39. The molecule has 2 rings (SSSR count). The Morgan fingerprint density at radius 3 is 2.28 bits per heavy atom. The molecule has 0 aromatic heterocycles. The lowest BCUT2D eigenvalue weighted by Crippen LogP contribution is -2.41. The van der Waals surface area contributed by atoms with Gasteiger partial charge in [0.05, 0.1) is 5.71 Å². The van der Waals surface area contributed by atoms with Gasteiger partial charge < -0.3 is 0 Å². The minimum absolute atomic E-state index is 0.0182. The van der Waals surface area contributed by atoms with Crippen molar-refractivity contribution in [1.82, 2.24) is 5.43 Å². The first-order valence-electron chi connectivity index (χ1n) is 6.50. The van der Waals surface area contributed by atoms with Crippen LogP contribution in [0.3, 0.4) is 0 Å². The van der Waals surface area contributed by atoms with Crippen molar-refractivity contribution in [3.05, 3.63) is 23.3 Å². The Morgan fingerprint density at radius 2 is 1.72 bits per heavy atom. The number of dihydropyridines is 1. The Morgan fingerprint density at radius 1 is 1.06 bits per heavy atom. The average Bonchev–Trinajstić information content (AvgIpc) is 2.24. The summed E-state index contributed by atoms with van der Waals surface area (Å²) in [5, 5.41) is 4.59. The Labute approximate surface area is 110 Å². The number of hydrogen-bond donors (Lipinski definition) is 1. The highest BCUT2D eigenvalue weighted by atomic mass is 15.4. The molecule has 98 valence electrons. The molecule has 0 fully saturated rings. The second-order valence-corrected chi connectivity index (χ2v) is 6.98. The van der Waals surface area contributed by atoms with E-state index in [2.05, 4.69) is 63.1 Å². The van der Waals surface area contributed by atoms with Crippen LogP contribution in [0.25, 0.3) is 0 Å². The Balaban J connectivity index is 2.60. The van der Waals surface area contributed by atoms with Crippen molar-refractivity contribution in [2.24, 2.45) is 20.9 Å². The summed E-state index contributed by atoms with van der Waals surface area (Å²) in [6.45, 7) is 13.3. The molecule has 0 aromatic rings. The minimum atomic E-state index is -0.0182. The van der Waals surface area contributed by atoms with Crippen LogP contribution in [0.15, 0.2) is 33.4 Å². The van der Waals surface area contributed by atoms with E-state index in [1.54, 1.807) is 0 Å². The van der Waals surface area contributed by atoms with E-state index in [-0.39, 0.29) is 17.0 Å². The maximum atomic E-state index is 4.59. The fraction of sp³-hybridized carbons (Fsp3) is 0.600. The van der Waals surface area contributed by atoms with Gasteiger partial charge in [0, 0.05) is 17.2 Å². The predicted molar refractivity (Wildman–Crippen MR) is 77.9 cm³/mol. The molecule has 0 saturated carbocycles. The van der Waals surface area contributed by atoms with E-state index in [0.29, 0.717) is 0 Å². The number of hydrazone groups is 1. The monoisotopic (exact) mass is 245 g/mol. The number of nitrogens with zero attached hydrogens (tertiary/aromatic N) is 2. The average molecular weight is 245 g/mol. The SMILES string of the molecule is CC(C)(C)C1=NNC2N=CC=CC2=C1C(C)(C)C. The summed E-state index contributed by atoms with van der Waals surface area (Å²) in [6, 6.07) is 0. The van der Waals surface area contributed by atoms with Crippen molar-refractivity contribution in [2.45, 2.75) is 47.7 Å². The summed E-state index contributed by atoms with van der Waals surface area (Å²) < 4.78 is 0. The first kappa shape index (κ1) is 13.1. The molecule has 1 atom stereocenters. The normalized spacial score (nSPS) is 23.7. The van der Waals surface area contributed by atoms with Crippen molar-refractivity contribution in [3.8, 4) is 0 Å². The largest absolute Gasteiger partial charge is 0.281 e. The summed E-state index contributed by atoms with van der Waals surface area (Å²) >= 11 is 0. The molecule has 0 radical (unpaired) electrons. The van der Waals surface area contributed by atoms with E-state index in [0.717, 1.165) is 5.71 Å². The second kappa shape index (κ2) is 4.08. The molecule has 0 aromatic carbocycles. The van der Waals surface area contributed by atoms with Gasteiger partial charge in [-0.15, -0.1) is 0 Å². The third-order valence-electron chi connectivity index (χ3n) is 3.18. The molecule has 1 unspecified atom stereocenters. The summed E-state index contributed by atoms with van der Waals surface area (Å²) in [6.07, 6.45) is 5.98. The summed E-state index contributed by atoms with van der Waals surface area (Å²) in [5.41, 5.74) is 6.98. The van der Waals surface area contributed by atoms with Crippen LogP contribution in [-0.4, -0.2) is 18.1 Å². The zero-order valence-corrected chi connectivity index (χ0v) is 12.2. The standard InChI is InChI=1S/C15H23N3/c1-14(2,3)11-10-8-7-9-16-13(10)18-17-12(11)15(4,5)6/h7-9,13,18H,1-6H3. The van der Waals surface area contributed by atoms with E-state index in [1.807, 2.05) is 12.3 Å². The van der Waals surface area contributed by atoms with E-state index in [9.17, 15) is 0 Å². The zero-order valence-electron chi connectivity index (χ0n) is 12.2. The van der Waals surface area contributed by atoms with Crippen LogP contribution in [-0.2, 0) is 0 Å². The molecule has 0 amide bonds. The van der Waals surface area contributed by atoms with Crippen LogP contribution < -0.4 is 5.43 Å². The van der Waals surface area contributed by atoms with Gasteiger partial charge in [-0.05, 0) is 17.1 Å². The smallest absolute Gasteiger partial charge is 0.159 e. The van der Waals surface area contributed by atoms with Crippen LogP contribution in [0.1, 0.15) is 41.5 Å². The van der Waals surface area contributed by atoms with Crippen LogP contribution in [0.4, 0.5) is 0 Å². The molecule has 2 heterocycles. The van der Waals surface area contributed by atoms with Gasteiger partial charge in [-0.3, -0.25) is 10.4 Å². The van der Waals surface area contributed by atoms with Crippen LogP contribution in [0, 0.1) is 10.8 Å². The number of rotatable bonds is 0. The first-order valence-corrected chi connectivity index (χ1v) is 6.50. The van der Waals surface area contributed by atoms with Crippen LogP contribution in [0.2, 0.25) is 0 Å². The van der Waals surface area contributed by atoms with Gasteiger partial charge in [-0.25, -0.2) is 0 Å². The van der Waals surface area contributed by atoms with Crippen molar-refractivity contribution < 1.29 is 0 Å². The third-order valence-corrected chi connectivity index (χ3v) is 3.18. The number of nitrogens with one attached hydrogen (secondary N) is 1. The number of aliphatic imine (C=N–C) groups is 1. The second-order valence-electron chi connectivity index (χ2n) is 6.98. The molecule has 2 aliphatic heterocycles. The Hall–Kier alpha value is -1.38. The van der Waals surface area contributed by atoms with E-state index >= 15 is 0 Å². The molecule has 1 N–H and O–H groups in total. The maximum absolute atomic E-state index is 4.59. The maximum Gasteiger partial charge on any atom is 0.159 e.